The lowest BCUT2D eigenvalue weighted by atomic mass is 10.2. The van der Waals surface area contributed by atoms with Gasteiger partial charge in [-0.1, -0.05) is 23.9 Å². The van der Waals surface area contributed by atoms with E-state index in [4.69, 9.17) is 0 Å². The Morgan fingerprint density at radius 2 is 2.07 bits per heavy atom. The number of hydrogen-bond donors (Lipinski definition) is 0. The molecule has 2 aromatic heterocycles. The number of sulfone groups is 1. The topological polar surface area (TPSA) is 80.2 Å². The molecular formula is C19H18FN3O3S3. The highest BCUT2D eigenvalue weighted by atomic mass is 32.2. The number of nitrogens with zero attached hydrogens (tertiary/aromatic N) is 3. The fourth-order valence-corrected chi connectivity index (χ4v) is 7.11. The second kappa shape index (κ2) is 8.00. The molecule has 1 aliphatic rings. The summed E-state index contributed by atoms with van der Waals surface area (Å²) < 4.78 is 37.4. The second-order valence-electron chi connectivity index (χ2n) is 6.86. The van der Waals surface area contributed by atoms with Gasteiger partial charge >= 0.3 is 0 Å². The van der Waals surface area contributed by atoms with Gasteiger partial charge in [0.05, 0.1) is 27.5 Å². The van der Waals surface area contributed by atoms with Gasteiger partial charge in [0, 0.05) is 18.0 Å². The summed E-state index contributed by atoms with van der Waals surface area (Å²) in [6, 6.07) is 7.93. The van der Waals surface area contributed by atoms with Crippen LogP contribution in [-0.4, -0.2) is 59.5 Å². The van der Waals surface area contributed by atoms with Gasteiger partial charge in [-0.3, -0.25) is 4.79 Å². The predicted octanol–water partition coefficient (Wildman–Crippen LogP) is 3.24. The van der Waals surface area contributed by atoms with E-state index in [1.165, 1.54) is 46.5 Å². The third-order valence-corrected chi connectivity index (χ3v) is 8.92. The summed E-state index contributed by atoms with van der Waals surface area (Å²) in [4.78, 5) is 23.6. The van der Waals surface area contributed by atoms with Crippen LogP contribution >= 0.6 is 23.1 Å². The molecule has 29 heavy (non-hydrogen) atoms. The lowest BCUT2D eigenvalue weighted by molar-refractivity contribution is -0.128. The molecule has 1 amide bonds. The average molecular weight is 452 g/mol. The van der Waals surface area contributed by atoms with E-state index in [0.29, 0.717) is 11.4 Å². The highest BCUT2D eigenvalue weighted by molar-refractivity contribution is 8.00. The number of halogens is 1. The van der Waals surface area contributed by atoms with Crippen molar-refractivity contribution < 1.29 is 17.6 Å². The molecule has 1 aromatic carbocycles. The second-order valence-corrected chi connectivity index (χ2v) is 11.1. The number of thiophene rings is 1. The summed E-state index contributed by atoms with van der Waals surface area (Å²) in [6.45, 7) is 0. The van der Waals surface area contributed by atoms with Crippen molar-refractivity contribution in [3.63, 3.8) is 0 Å². The van der Waals surface area contributed by atoms with Gasteiger partial charge in [0.15, 0.2) is 9.84 Å². The lowest BCUT2D eigenvalue weighted by Gasteiger charge is -2.23. The van der Waals surface area contributed by atoms with Crippen LogP contribution in [-0.2, 0) is 14.6 Å². The maximum absolute atomic E-state index is 13.2. The maximum Gasteiger partial charge on any atom is 0.233 e. The molecule has 152 valence electrons. The molecule has 0 radical (unpaired) electrons. The van der Waals surface area contributed by atoms with E-state index in [-0.39, 0.29) is 35.0 Å². The minimum absolute atomic E-state index is 0.0314. The molecule has 0 bridgehead atoms. The summed E-state index contributed by atoms with van der Waals surface area (Å²) in [6.07, 6.45) is 1.95. The molecule has 6 nitrogen and oxygen atoms in total. The zero-order valence-electron chi connectivity index (χ0n) is 15.5. The van der Waals surface area contributed by atoms with Gasteiger partial charge in [-0.15, -0.1) is 11.3 Å². The fraction of sp³-hybridized carbons (Fsp3) is 0.316. The monoisotopic (exact) mass is 451 g/mol. The van der Waals surface area contributed by atoms with Crippen molar-refractivity contribution in [2.45, 2.75) is 17.5 Å². The zero-order chi connectivity index (χ0) is 20.6. The Balaban J connectivity index is 1.49. The number of rotatable bonds is 5. The van der Waals surface area contributed by atoms with Gasteiger partial charge in [-0.2, -0.15) is 0 Å². The van der Waals surface area contributed by atoms with Crippen molar-refractivity contribution in [2.24, 2.45) is 0 Å². The van der Waals surface area contributed by atoms with Crippen molar-refractivity contribution in [3.8, 4) is 10.4 Å². The Morgan fingerprint density at radius 1 is 1.31 bits per heavy atom. The van der Waals surface area contributed by atoms with Crippen LogP contribution in [0.2, 0.25) is 0 Å². The molecule has 1 fully saturated rings. The number of aromatic nitrogens is 2. The maximum atomic E-state index is 13.2. The van der Waals surface area contributed by atoms with E-state index >= 15 is 0 Å². The van der Waals surface area contributed by atoms with Crippen LogP contribution in [0.25, 0.3) is 20.7 Å². The first-order valence-corrected chi connectivity index (χ1v) is 12.5. The molecule has 1 atom stereocenters. The normalized spacial score (nSPS) is 18.2. The number of thioether (sulfide) groups is 1. The van der Waals surface area contributed by atoms with Gasteiger partial charge < -0.3 is 4.90 Å². The highest BCUT2D eigenvalue weighted by Gasteiger charge is 2.32. The van der Waals surface area contributed by atoms with Crippen LogP contribution in [0.3, 0.4) is 0 Å². The molecular weight excluding hydrogens is 433 g/mol. The Morgan fingerprint density at radius 3 is 2.76 bits per heavy atom. The fourth-order valence-electron chi connectivity index (χ4n) is 3.21. The first kappa shape index (κ1) is 20.2. The predicted molar refractivity (Wildman–Crippen MR) is 113 cm³/mol. The third-order valence-electron chi connectivity index (χ3n) is 4.89. The Hall–Kier alpha value is -2.04. The van der Waals surface area contributed by atoms with E-state index in [9.17, 15) is 17.6 Å². The number of amides is 1. The quantitative estimate of drug-likeness (QED) is 0.438. The molecule has 1 saturated heterocycles. The number of carbonyl (C=O) groups is 1. The Labute approximate surface area is 176 Å². The minimum Gasteiger partial charge on any atom is -0.341 e. The van der Waals surface area contributed by atoms with Crippen LogP contribution in [0.1, 0.15) is 6.42 Å². The van der Waals surface area contributed by atoms with Crippen molar-refractivity contribution in [3.05, 3.63) is 42.5 Å². The SMILES string of the molecule is CN(C(=O)CSc1ncnc2cc(-c3ccc(F)cc3)sc12)[C@H]1CCS(=O)(=O)C1. The zero-order valence-corrected chi connectivity index (χ0v) is 18.0. The first-order chi connectivity index (χ1) is 13.8. The smallest absolute Gasteiger partial charge is 0.233 e. The van der Waals surface area contributed by atoms with Crippen molar-refractivity contribution >= 4 is 49.1 Å². The summed E-state index contributed by atoms with van der Waals surface area (Å²) in [7, 11) is -1.38. The number of benzene rings is 1. The molecule has 0 spiro atoms. The molecule has 0 unspecified atom stereocenters. The van der Waals surface area contributed by atoms with E-state index in [1.807, 2.05) is 6.07 Å². The summed E-state index contributed by atoms with van der Waals surface area (Å²) in [5.41, 5.74) is 1.66. The molecule has 1 aliphatic heterocycles. The number of carbonyl (C=O) groups excluding carboxylic acids is 1. The lowest BCUT2D eigenvalue weighted by Crippen LogP contribution is -2.38. The molecule has 0 saturated carbocycles. The van der Waals surface area contributed by atoms with Crippen molar-refractivity contribution in [2.75, 3.05) is 24.3 Å². The molecule has 10 heteroatoms. The number of hydrogen-bond acceptors (Lipinski definition) is 7. The number of fused-ring (bicyclic) bond motifs is 1. The largest absolute Gasteiger partial charge is 0.341 e. The molecule has 3 heterocycles. The molecule has 4 rings (SSSR count). The standard InChI is InChI=1S/C19H18FN3O3S3/c1-23(14-6-7-29(25,26)10-14)17(24)9-27-19-18-15(21-11-22-19)8-16(28-18)12-2-4-13(20)5-3-12/h2-5,8,11,14H,6-7,9-10H2,1H3/t14-/m0/s1. The van der Waals surface area contributed by atoms with E-state index < -0.39 is 9.84 Å². The first-order valence-electron chi connectivity index (χ1n) is 8.92. The van der Waals surface area contributed by atoms with Crippen molar-refractivity contribution in [1.82, 2.24) is 14.9 Å². The van der Waals surface area contributed by atoms with Crippen LogP contribution in [0.5, 0.6) is 0 Å². The van der Waals surface area contributed by atoms with Gasteiger partial charge in [0.25, 0.3) is 0 Å². The van der Waals surface area contributed by atoms with Gasteiger partial charge in [0.2, 0.25) is 5.91 Å². The van der Waals surface area contributed by atoms with Crippen LogP contribution in [0.4, 0.5) is 4.39 Å². The van der Waals surface area contributed by atoms with E-state index in [0.717, 1.165) is 20.7 Å². The van der Waals surface area contributed by atoms with Gasteiger partial charge in [0.1, 0.15) is 17.2 Å². The average Bonchev–Trinajstić information content (AvgIpc) is 3.29. The summed E-state index contributed by atoms with van der Waals surface area (Å²) in [5.74, 6) is -0.0779. The molecule has 0 N–H and O–H groups in total. The Kier molecular flexibility index (Phi) is 5.58. The summed E-state index contributed by atoms with van der Waals surface area (Å²) in [5, 5.41) is 0.703. The van der Waals surface area contributed by atoms with Gasteiger partial charge in [-0.05, 0) is 30.2 Å². The molecule has 3 aromatic rings. The summed E-state index contributed by atoms with van der Waals surface area (Å²) >= 11 is 2.81. The van der Waals surface area contributed by atoms with Gasteiger partial charge in [-0.25, -0.2) is 22.8 Å². The minimum atomic E-state index is -3.04. The third kappa shape index (κ3) is 4.44. The van der Waals surface area contributed by atoms with E-state index in [1.54, 1.807) is 19.2 Å². The van der Waals surface area contributed by atoms with Crippen LogP contribution in [0.15, 0.2) is 41.7 Å². The molecule has 0 aliphatic carbocycles. The Bertz CT molecular complexity index is 1160. The van der Waals surface area contributed by atoms with Crippen LogP contribution < -0.4 is 0 Å². The highest BCUT2D eigenvalue weighted by Crippen LogP contribution is 2.37. The van der Waals surface area contributed by atoms with Crippen molar-refractivity contribution in [1.29, 1.82) is 0 Å². The van der Waals surface area contributed by atoms with Crippen LogP contribution in [0, 0.1) is 5.82 Å². The van der Waals surface area contributed by atoms with E-state index in [2.05, 4.69) is 9.97 Å².